The molecular formula is C13H17N3S. The molecule has 0 amide bonds. The molecule has 2 aromatic heterocycles. The molecule has 17 heavy (non-hydrogen) atoms. The van der Waals surface area contributed by atoms with Crippen molar-refractivity contribution in [3.05, 3.63) is 29.8 Å². The molecule has 0 aliphatic carbocycles. The smallest absolute Gasteiger partial charge is 0.102 e. The van der Waals surface area contributed by atoms with Crippen molar-refractivity contribution in [2.24, 2.45) is 5.92 Å². The van der Waals surface area contributed by atoms with Gasteiger partial charge in [-0.1, -0.05) is 6.07 Å². The molecule has 3 heterocycles. The molecule has 0 unspecified atom stereocenters. The molecule has 3 rings (SSSR count). The van der Waals surface area contributed by atoms with Crippen LogP contribution in [0.1, 0.15) is 12.8 Å². The van der Waals surface area contributed by atoms with Crippen LogP contribution in [0.3, 0.4) is 0 Å². The number of nitrogens with zero attached hydrogens (tertiary/aromatic N) is 2. The highest BCUT2D eigenvalue weighted by Crippen LogP contribution is 2.23. The zero-order valence-electron chi connectivity index (χ0n) is 9.80. The first kappa shape index (κ1) is 11.0. The predicted molar refractivity (Wildman–Crippen MR) is 71.1 cm³/mol. The Kier molecular flexibility index (Phi) is 3.25. The van der Waals surface area contributed by atoms with E-state index in [1.165, 1.54) is 17.7 Å². The molecule has 2 aromatic rings. The van der Waals surface area contributed by atoms with Crippen LogP contribution in [-0.2, 0) is 6.54 Å². The maximum Gasteiger partial charge on any atom is 0.102 e. The molecule has 0 atom stereocenters. The Labute approximate surface area is 105 Å². The Hall–Kier alpha value is -1.13. The maximum atomic E-state index is 4.65. The molecule has 4 heteroatoms. The summed E-state index contributed by atoms with van der Waals surface area (Å²) in [6.07, 6.45) is 4.65. The quantitative estimate of drug-likeness (QED) is 0.903. The minimum Gasteiger partial charge on any atom is -0.317 e. The lowest BCUT2D eigenvalue weighted by molar-refractivity contribution is 0.321. The van der Waals surface area contributed by atoms with Crippen LogP contribution in [-0.4, -0.2) is 22.9 Å². The summed E-state index contributed by atoms with van der Waals surface area (Å²) < 4.78 is 2.10. The molecule has 0 spiro atoms. The van der Waals surface area contributed by atoms with E-state index in [-0.39, 0.29) is 0 Å². The third-order valence-corrected chi connectivity index (χ3v) is 4.21. The van der Waals surface area contributed by atoms with Gasteiger partial charge < -0.3 is 5.32 Å². The molecular weight excluding hydrogens is 230 g/mol. The fourth-order valence-corrected chi connectivity index (χ4v) is 3.04. The summed E-state index contributed by atoms with van der Waals surface area (Å²) in [5.74, 6) is 0.785. The van der Waals surface area contributed by atoms with E-state index in [4.69, 9.17) is 0 Å². The number of hydrogen-bond acceptors (Lipinski definition) is 3. The number of hydrogen-bond donors (Lipinski definition) is 1. The molecule has 90 valence electrons. The van der Waals surface area contributed by atoms with Crippen LogP contribution in [0.25, 0.3) is 10.6 Å². The van der Waals surface area contributed by atoms with Crippen LogP contribution in [0, 0.1) is 5.92 Å². The predicted octanol–water partition coefficient (Wildman–Crippen LogP) is 2.61. The zero-order chi connectivity index (χ0) is 11.5. The van der Waals surface area contributed by atoms with Crippen LogP contribution in [0.2, 0.25) is 0 Å². The molecule has 3 nitrogen and oxygen atoms in total. The van der Waals surface area contributed by atoms with Crippen molar-refractivity contribution in [2.45, 2.75) is 19.4 Å². The van der Waals surface area contributed by atoms with Gasteiger partial charge in [-0.05, 0) is 49.4 Å². The van der Waals surface area contributed by atoms with Crippen LogP contribution in [0.4, 0.5) is 0 Å². The first-order chi connectivity index (χ1) is 8.42. The van der Waals surface area contributed by atoms with E-state index in [9.17, 15) is 0 Å². The van der Waals surface area contributed by atoms with E-state index in [0.717, 1.165) is 31.2 Å². The fraction of sp³-hybridized carbons (Fsp3) is 0.462. The van der Waals surface area contributed by atoms with Gasteiger partial charge in [0.2, 0.25) is 0 Å². The normalized spacial score (nSPS) is 17.4. The number of piperidine rings is 1. The third kappa shape index (κ3) is 2.58. The number of aromatic nitrogens is 2. The monoisotopic (exact) mass is 247 g/mol. The van der Waals surface area contributed by atoms with Gasteiger partial charge in [-0.3, -0.25) is 4.68 Å². The Bertz CT molecular complexity index is 455. The third-order valence-electron chi connectivity index (χ3n) is 3.32. The van der Waals surface area contributed by atoms with E-state index in [1.807, 2.05) is 0 Å². The van der Waals surface area contributed by atoms with Crippen LogP contribution >= 0.6 is 11.3 Å². The van der Waals surface area contributed by atoms with Gasteiger partial charge in [0.1, 0.15) is 5.69 Å². The van der Waals surface area contributed by atoms with E-state index in [1.54, 1.807) is 11.3 Å². The van der Waals surface area contributed by atoms with Crippen LogP contribution in [0.5, 0.6) is 0 Å². The first-order valence-electron chi connectivity index (χ1n) is 6.20. The Morgan fingerprint density at radius 2 is 2.24 bits per heavy atom. The summed E-state index contributed by atoms with van der Waals surface area (Å²) in [4.78, 5) is 1.26. The minimum atomic E-state index is 0.785. The van der Waals surface area contributed by atoms with Gasteiger partial charge in [-0.2, -0.15) is 5.10 Å². The van der Waals surface area contributed by atoms with Crippen molar-refractivity contribution in [1.29, 1.82) is 0 Å². The summed E-state index contributed by atoms with van der Waals surface area (Å²) in [5.41, 5.74) is 1.11. The van der Waals surface area contributed by atoms with Gasteiger partial charge in [0.25, 0.3) is 0 Å². The first-order valence-corrected chi connectivity index (χ1v) is 7.08. The zero-order valence-corrected chi connectivity index (χ0v) is 10.6. The van der Waals surface area contributed by atoms with Crippen molar-refractivity contribution in [3.63, 3.8) is 0 Å². The van der Waals surface area contributed by atoms with Gasteiger partial charge in [-0.15, -0.1) is 11.3 Å². The van der Waals surface area contributed by atoms with Crippen molar-refractivity contribution < 1.29 is 0 Å². The topological polar surface area (TPSA) is 29.9 Å². The second kappa shape index (κ2) is 5.02. The van der Waals surface area contributed by atoms with E-state index < -0.39 is 0 Å². The van der Waals surface area contributed by atoms with Gasteiger partial charge in [-0.25, -0.2) is 0 Å². The van der Waals surface area contributed by atoms with Crippen LogP contribution in [0.15, 0.2) is 29.8 Å². The standard InChI is InChI=1S/C13H17N3S/c1-2-13(17-9-1)12-5-8-16(15-12)10-11-3-6-14-7-4-11/h1-2,5,8-9,11,14H,3-4,6-7,10H2. The summed E-state index contributed by atoms with van der Waals surface area (Å²) >= 11 is 1.75. The lowest BCUT2D eigenvalue weighted by Gasteiger charge is -2.22. The average molecular weight is 247 g/mol. The largest absolute Gasteiger partial charge is 0.317 e. The highest BCUT2D eigenvalue weighted by atomic mass is 32.1. The van der Waals surface area contributed by atoms with E-state index in [0.29, 0.717) is 0 Å². The lowest BCUT2D eigenvalue weighted by Crippen LogP contribution is -2.29. The minimum absolute atomic E-state index is 0.785. The molecule has 0 bridgehead atoms. The second-order valence-corrected chi connectivity index (χ2v) is 5.54. The summed E-state index contributed by atoms with van der Waals surface area (Å²) in [6.45, 7) is 3.38. The molecule has 0 radical (unpaired) electrons. The fourth-order valence-electron chi connectivity index (χ4n) is 2.35. The SMILES string of the molecule is c1csc(-c2ccn(CC3CCNCC3)n2)c1. The lowest BCUT2D eigenvalue weighted by atomic mass is 9.98. The highest BCUT2D eigenvalue weighted by Gasteiger charge is 2.14. The highest BCUT2D eigenvalue weighted by molar-refractivity contribution is 7.13. The Morgan fingerprint density at radius 3 is 3.00 bits per heavy atom. The van der Waals surface area contributed by atoms with E-state index >= 15 is 0 Å². The van der Waals surface area contributed by atoms with Crippen molar-refractivity contribution in [2.75, 3.05) is 13.1 Å². The summed E-state index contributed by atoms with van der Waals surface area (Å²) in [5, 5.41) is 10.2. The van der Waals surface area contributed by atoms with Gasteiger partial charge in [0, 0.05) is 12.7 Å². The Morgan fingerprint density at radius 1 is 1.35 bits per heavy atom. The summed E-state index contributed by atoms with van der Waals surface area (Å²) in [7, 11) is 0. The van der Waals surface area contributed by atoms with Gasteiger partial charge >= 0.3 is 0 Å². The average Bonchev–Trinajstić information content (AvgIpc) is 3.00. The molecule has 1 aliphatic heterocycles. The van der Waals surface area contributed by atoms with Crippen molar-refractivity contribution in [3.8, 4) is 10.6 Å². The number of thiophene rings is 1. The second-order valence-electron chi connectivity index (χ2n) is 4.59. The molecule has 0 aromatic carbocycles. The molecule has 1 aliphatic rings. The molecule has 1 fully saturated rings. The van der Waals surface area contributed by atoms with E-state index in [2.05, 4.69) is 44.9 Å². The van der Waals surface area contributed by atoms with Crippen LogP contribution < -0.4 is 5.32 Å². The molecule has 0 saturated carbocycles. The molecule has 1 N–H and O–H groups in total. The van der Waals surface area contributed by atoms with Gasteiger partial charge in [0.15, 0.2) is 0 Å². The Balaban J connectivity index is 1.68. The van der Waals surface area contributed by atoms with Gasteiger partial charge in [0.05, 0.1) is 4.88 Å². The summed E-state index contributed by atoms with van der Waals surface area (Å²) in [6, 6.07) is 6.32. The molecule has 1 saturated heterocycles. The maximum absolute atomic E-state index is 4.65. The van der Waals surface area contributed by atoms with Crippen molar-refractivity contribution in [1.82, 2.24) is 15.1 Å². The number of rotatable bonds is 3. The van der Waals surface area contributed by atoms with Crippen molar-refractivity contribution >= 4 is 11.3 Å². The number of nitrogens with one attached hydrogen (secondary N) is 1.